The van der Waals surface area contributed by atoms with Crippen LogP contribution in [0.4, 0.5) is 0 Å². The summed E-state index contributed by atoms with van der Waals surface area (Å²) in [6.45, 7) is 8.20. The van der Waals surface area contributed by atoms with Gasteiger partial charge in [-0.15, -0.1) is 0 Å². The van der Waals surface area contributed by atoms with E-state index in [1.807, 2.05) is 100 Å². The van der Waals surface area contributed by atoms with Gasteiger partial charge in [-0.2, -0.15) is 0 Å². The van der Waals surface area contributed by atoms with Gasteiger partial charge >= 0.3 is 7.12 Å². The molecule has 18 heteroatoms. The van der Waals surface area contributed by atoms with E-state index in [1.165, 1.54) is 30.3 Å². The highest BCUT2D eigenvalue weighted by Crippen LogP contribution is 2.38. The summed E-state index contributed by atoms with van der Waals surface area (Å²) in [6.07, 6.45) is 17.1. The Hall–Kier alpha value is -5.95. The van der Waals surface area contributed by atoms with Crippen LogP contribution in [0, 0.1) is 0 Å². The van der Waals surface area contributed by atoms with Gasteiger partial charge < -0.3 is 9.31 Å². The van der Waals surface area contributed by atoms with Gasteiger partial charge in [-0.25, -0.2) is 16.8 Å². The summed E-state index contributed by atoms with van der Waals surface area (Å²) < 4.78 is 66.7. The molecular weight excluding hydrogens is 1130 g/mol. The van der Waals surface area contributed by atoms with E-state index in [0.717, 1.165) is 50.0 Å². The van der Waals surface area contributed by atoms with Gasteiger partial charge in [0.25, 0.3) is 0 Å². The van der Waals surface area contributed by atoms with Crippen molar-refractivity contribution in [3.63, 3.8) is 0 Å². The van der Waals surface area contributed by atoms with E-state index >= 15 is 0 Å². The molecule has 1 fully saturated rings. The van der Waals surface area contributed by atoms with E-state index in [0.29, 0.717) is 8.95 Å². The van der Waals surface area contributed by atoms with Crippen molar-refractivity contribution < 1.29 is 26.1 Å². The SMILES string of the molecule is CC1(C)OB(c2ccncc2)OC1(C)C.O=S(=O)(c1cc(-c2ccncc2)cc(-c2ccncc2)c1)c1cc(-c2ccncc2)cc(-c2ccncc2)c1.O=S(=O)(c1cc(Cl)cc(Cl)c1)c1cc(Br)cc(Br)c1. The number of benzene rings is 4. The number of pyridine rings is 5. The molecule has 0 amide bonds. The summed E-state index contributed by atoms with van der Waals surface area (Å²) in [5.41, 5.74) is 7.09. The lowest BCUT2D eigenvalue weighted by molar-refractivity contribution is 0.00578. The maximum Gasteiger partial charge on any atom is 0.494 e. The van der Waals surface area contributed by atoms with Crippen molar-refractivity contribution in [1.82, 2.24) is 24.9 Å². The summed E-state index contributed by atoms with van der Waals surface area (Å²) in [4.78, 5) is 21.1. The minimum Gasteiger partial charge on any atom is -0.399 e. The maximum atomic E-state index is 14.3. The predicted octanol–water partition coefficient (Wildman–Crippen LogP) is 13.5. The molecule has 1 aliphatic rings. The van der Waals surface area contributed by atoms with E-state index < -0.39 is 19.7 Å². The van der Waals surface area contributed by atoms with Gasteiger partial charge in [-0.05, 0) is 211 Å². The molecule has 6 heterocycles. The number of nitrogens with zero attached hydrogens (tertiary/aromatic N) is 5. The molecule has 0 aliphatic carbocycles. The second-order valence-electron chi connectivity index (χ2n) is 17.5. The second-order valence-corrected chi connectivity index (χ2v) is 24.1. The number of hydrogen-bond donors (Lipinski definition) is 0. The average Bonchev–Trinajstić information content (AvgIpc) is 3.62. The lowest BCUT2D eigenvalue weighted by Crippen LogP contribution is -2.41. The number of hydrogen-bond acceptors (Lipinski definition) is 11. The van der Waals surface area contributed by atoms with E-state index in [9.17, 15) is 16.8 Å². The lowest BCUT2D eigenvalue weighted by Gasteiger charge is -2.32. The van der Waals surface area contributed by atoms with Crippen molar-refractivity contribution in [2.45, 2.75) is 58.5 Å². The fourth-order valence-corrected chi connectivity index (χ4v) is 12.5. The van der Waals surface area contributed by atoms with Crippen molar-refractivity contribution in [1.29, 1.82) is 0 Å². The van der Waals surface area contributed by atoms with Crippen LogP contribution in [0.15, 0.2) is 224 Å². The van der Waals surface area contributed by atoms with E-state index in [-0.39, 0.29) is 47.9 Å². The topological polar surface area (TPSA) is 151 Å². The molecular formula is C55H44BBr2Cl2N5O6S2. The molecule has 10 rings (SSSR count). The van der Waals surface area contributed by atoms with Crippen LogP contribution in [0.3, 0.4) is 0 Å². The quantitative estimate of drug-likeness (QED) is 0.127. The molecule has 0 radical (unpaired) electrons. The minimum absolute atomic E-state index is 0.0648. The molecule has 0 unspecified atom stereocenters. The fraction of sp³-hybridized carbons (Fsp3) is 0.109. The van der Waals surface area contributed by atoms with Crippen LogP contribution < -0.4 is 5.46 Å². The molecule has 5 aromatic heterocycles. The largest absolute Gasteiger partial charge is 0.494 e. The Morgan fingerprint density at radius 3 is 0.973 bits per heavy atom. The van der Waals surface area contributed by atoms with Crippen LogP contribution >= 0.6 is 55.1 Å². The van der Waals surface area contributed by atoms with Gasteiger partial charge in [0, 0.05) is 81.0 Å². The molecule has 4 aromatic carbocycles. The third-order valence-electron chi connectivity index (χ3n) is 12.0. The molecule has 9 aromatic rings. The first-order valence-corrected chi connectivity index (χ1v) is 27.7. The summed E-state index contributed by atoms with van der Waals surface area (Å²) in [5.74, 6) is 0. The van der Waals surface area contributed by atoms with Crippen LogP contribution in [-0.2, 0) is 29.0 Å². The second kappa shape index (κ2) is 22.7. The Labute approximate surface area is 452 Å². The summed E-state index contributed by atoms with van der Waals surface area (Å²) in [5, 5.41) is 0.556. The first-order chi connectivity index (χ1) is 34.8. The van der Waals surface area contributed by atoms with Crippen LogP contribution in [-0.4, -0.2) is 60.1 Å². The zero-order valence-corrected chi connectivity index (χ0v) is 45.9. The highest BCUT2D eigenvalue weighted by atomic mass is 79.9. The third kappa shape index (κ3) is 12.9. The van der Waals surface area contributed by atoms with Gasteiger partial charge in [0.1, 0.15) is 0 Å². The van der Waals surface area contributed by atoms with Crippen LogP contribution in [0.25, 0.3) is 44.5 Å². The molecule has 0 bridgehead atoms. The maximum absolute atomic E-state index is 14.3. The van der Waals surface area contributed by atoms with Gasteiger partial charge in [0.15, 0.2) is 0 Å². The van der Waals surface area contributed by atoms with Crippen molar-refractivity contribution in [3.8, 4) is 44.5 Å². The van der Waals surface area contributed by atoms with E-state index in [1.54, 1.807) is 92.3 Å². The minimum atomic E-state index is -3.92. The lowest BCUT2D eigenvalue weighted by atomic mass is 9.80. The van der Waals surface area contributed by atoms with Gasteiger partial charge in [0.05, 0.1) is 30.8 Å². The Balaban J connectivity index is 0.000000172. The molecule has 0 N–H and O–H groups in total. The molecule has 0 spiro atoms. The molecule has 0 atom stereocenters. The first-order valence-electron chi connectivity index (χ1n) is 22.4. The van der Waals surface area contributed by atoms with Crippen molar-refractivity contribution in [2.75, 3.05) is 0 Å². The van der Waals surface area contributed by atoms with Gasteiger partial charge in [-0.1, -0.05) is 55.1 Å². The van der Waals surface area contributed by atoms with E-state index in [2.05, 4.69) is 56.8 Å². The average molecular weight is 1180 g/mol. The highest BCUT2D eigenvalue weighted by molar-refractivity contribution is 9.11. The highest BCUT2D eigenvalue weighted by Gasteiger charge is 2.51. The van der Waals surface area contributed by atoms with Gasteiger partial charge in [0.2, 0.25) is 19.7 Å². The Kier molecular flexibility index (Phi) is 16.6. The third-order valence-corrected chi connectivity index (χ3v) is 16.8. The normalized spacial score (nSPS) is 13.8. The monoisotopic (exact) mass is 1170 g/mol. The standard InChI is InChI=1S/C32H22N4O2S.C12H6Br2Cl2O2S.C11H16BNO2/c37-39(38,31-19-27(23-1-9-33-10-2-23)17-28(20-31)24-3-11-34-12-4-24)32-21-29(25-5-13-35-14-6-25)18-30(22-32)26-7-15-36-16-8-26;13-7-1-8(14)3-11(2-7)19(17,18)12-5-9(15)4-10(16)6-12;1-10(2)11(3,4)15-12(14-10)9-5-7-13-8-6-9/h1-22H;1-6H;5-8H,1-4H3. The first kappa shape index (κ1) is 53.3. The van der Waals surface area contributed by atoms with Crippen molar-refractivity contribution in [3.05, 3.63) is 214 Å². The Bertz CT molecular complexity index is 3250. The Morgan fingerprint density at radius 1 is 0.384 bits per heavy atom. The van der Waals surface area contributed by atoms with Crippen molar-refractivity contribution >= 4 is 87.3 Å². The molecule has 73 heavy (non-hydrogen) atoms. The Morgan fingerprint density at radius 2 is 0.658 bits per heavy atom. The number of rotatable bonds is 9. The van der Waals surface area contributed by atoms with Crippen molar-refractivity contribution in [2.24, 2.45) is 0 Å². The zero-order valence-electron chi connectivity index (χ0n) is 39.6. The number of sulfone groups is 2. The van der Waals surface area contributed by atoms with Gasteiger partial charge in [-0.3, -0.25) is 24.9 Å². The van der Waals surface area contributed by atoms with Crippen LogP contribution in [0.5, 0.6) is 0 Å². The number of halogens is 4. The smallest absolute Gasteiger partial charge is 0.399 e. The summed E-state index contributed by atoms with van der Waals surface area (Å²) in [6, 6.07) is 38.7. The molecule has 11 nitrogen and oxygen atoms in total. The summed E-state index contributed by atoms with van der Waals surface area (Å²) in [7, 11) is -7.86. The van der Waals surface area contributed by atoms with E-state index in [4.69, 9.17) is 32.5 Å². The number of aromatic nitrogens is 5. The molecule has 1 aliphatic heterocycles. The predicted molar refractivity (Wildman–Crippen MR) is 295 cm³/mol. The molecule has 368 valence electrons. The fourth-order valence-electron chi connectivity index (χ4n) is 7.49. The summed E-state index contributed by atoms with van der Waals surface area (Å²) >= 11 is 18.2. The van der Waals surface area contributed by atoms with Crippen LogP contribution in [0.2, 0.25) is 10.0 Å². The van der Waals surface area contributed by atoms with Crippen LogP contribution in [0.1, 0.15) is 27.7 Å². The molecule has 0 saturated carbocycles. The zero-order chi connectivity index (χ0) is 52.0. The molecule has 1 saturated heterocycles.